The highest BCUT2D eigenvalue weighted by Gasteiger charge is 2.35. The van der Waals surface area contributed by atoms with Crippen LogP contribution in [0.3, 0.4) is 0 Å². The third-order valence-corrected chi connectivity index (χ3v) is 3.83. The van der Waals surface area contributed by atoms with Crippen LogP contribution in [0.1, 0.15) is 21.5 Å². The zero-order valence-electron chi connectivity index (χ0n) is 12.1. The van der Waals surface area contributed by atoms with Gasteiger partial charge in [-0.3, -0.25) is 4.90 Å². The predicted octanol–water partition coefficient (Wildman–Crippen LogP) is 2.16. The van der Waals surface area contributed by atoms with E-state index in [1.807, 2.05) is 0 Å². The van der Waals surface area contributed by atoms with Crippen molar-refractivity contribution in [3.63, 3.8) is 0 Å². The molecule has 1 aliphatic rings. The standard InChI is InChI=1S/C14H17F3N2O3/c1-19(22)6-4-18(5-7-19)9-11-3-2-10(13(20)21)8-12(11)14(15,16)17/h2-3,8H,4-7,9H2,1H3,(H,20,21). The second-order valence-electron chi connectivity index (χ2n) is 5.70. The van der Waals surface area contributed by atoms with Crippen molar-refractivity contribution in [2.24, 2.45) is 0 Å². The zero-order valence-corrected chi connectivity index (χ0v) is 12.1. The molecule has 0 radical (unpaired) electrons. The van der Waals surface area contributed by atoms with Crippen molar-refractivity contribution in [3.8, 4) is 0 Å². The fourth-order valence-electron chi connectivity index (χ4n) is 2.44. The number of benzene rings is 1. The average molecular weight is 318 g/mol. The van der Waals surface area contributed by atoms with Gasteiger partial charge in [0.25, 0.3) is 0 Å². The van der Waals surface area contributed by atoms with Gasteiger partial charge in [0.1, 0.15) is 0 Å². The summed E-state index contributed by atoms with van der Waals surface area (Å²) < 4.78 is 38.9. The molecule has 0 bridgehead atoms. The number of quaternary nitrogens is 1. The van der Waals surface area contributed by atoms with Crippen LogP contribution in [0.25, 0.3) is 0 Å². The maximum Gasteiger partial charge on any atom is 0.416 e. The molecule has 22 heavy (non-hydrogen) atoms. The van der Waals surface area contributed by atoms with E-state index in [0.717, 1.165) is 0 Å². The minimum atomic E-state index is -4.61. The van der Waals surface area contributed by atoms with E-state index in [2.05, 4.69) is 0 Å². The Labute approximate surface area is 125 Å². The molecular formula is C14H17F3N2O3. The monoisotopic (exact) mass is 318 g/mol. The van der Waals surface area contributed by atoms with Crippen LogP contribution in [0, 0.1) is 5.21 Å². The normalized spacial score (nSPS) is 19.1. The fourth-order valence-corrected chi connectivity index (χ4v) is 2.44. The van der Waals surface area contributed by atoms with Crippen molar-refractivity contribution in [1.82, 2.24) is 4.90 Å². The quantitative estimate of drug-likeness (QED) is 0.685. The molecule has 5 nitrogen and oxygen atoms in total. The summed E-state index contributed by atoms with van der Waals surface area (Å²) in [6, 6.07) is 3.03. The number of aromatic carboxylic acids is 1. The Hall–Kier alpha value is -1.64. The van der Waals surface area contributed by atoms with Crippen LogP contribution in [0.15, 0.2) is 18.2 Å². The molecule has 1 aromatic carbocycles. The summed E-state index contributed by atoms with van der Waals surface area (Å²) in [5.41, 5.74) is -1.30. The molecule has 122 valence electrons. The molecule has 0 aromatic heterocycles. The molecular weight excluding hydrogens is 301 g/mol. The molecule has 0 atom stereocenters. The molecule has 0 aliphatic carbocycles. The molecule has 1 fully saturated rings. The van der Waals surface area contributed by atoms with Gasteiger partial charge in [-0.05, 0) is 17.7 Å². The lowest BCUT2D eigenvalue weighted by Crippen LogP contribution is -2.53. The SMILES string of the molecule is C[N+]1([O-])CCN(Cc2ccc(C(=O)O)cc2C(F)(F)F)CC1. The summed E-state index contributed by atoms with van der Waals surface area (Å²) >= 11 is 0. The van der Waals surface area contributed by atoms with Gasteiger partial charge < -0.3 is 15.0 Å². The molecule has 0 amide bonds. The molecule has 2 rings (SSSR count). The van der Waals surface area contributed by atoms with E-state index in [4.69, 9.17) is 5.11 Å². The number of halogens is 3. The van der Waals surface area contributed by atoms with Crippen LogP contribution in [-0.4, -0.2) is 53.8 Å². The van der Waals surface area contributed by atoms with Crippen molar-refractivity contribution in [3.05, 3.63) is 40.1 Å². The highest BCUT2D eigenvalue weighted by Crippen LogP contribution is 2.33. The van der Waals surface area contributed by atoms with Crippen LogP contribution < -0.4 is 0 Å². The molecule has 8 heteroatoms. The second kappa shape index (κ2) is 5.86. The maximum atomic E-state index is 13.1. The largest absolute Gasteiger partial charge is 0.633 e. The molecule has 0 saturated carbocycles. The first-order chi connectivity index (χ1) is 10.1. The minimum Gasteiger partial charge on any atom is -0.633 e. The number of hydroxylamine groups is 3. The first kappa shape index (κ1) is 16.7. The molecule has 1 aromatic rings. The number of carboxylic acids is 1. The highest BCUT2D eigenvalue weighted by molar-refractivity contribution is 5.88. The number of hydrogen-bond donors (Lipinski definition) is 1. The lowest BCUT2D eigenvalue weighted by atomic mass is 10.0. The Kier molecular flexibility index (Phi) is 4.46. The van der Waals surface area contributed by atoms with Crippen molar-refractivity contribution < 1.29 is 27.7 Å². The van der Waals surface area contributed by atoms with E-state index in [1.54, 1.807) is 11.9 Å². The number of carbonyl (C=O) groups is 1. The number of likely N-dealkylation sites (N-methyl/N-ethyl adjacent to an activating group) is 1. The Balaban J connectivity index is 2.22. The fraction of sp³-hybridized carbons (Fsp3) is 0.500. The Bertz CT molecular complexity index is 563. The van der Waals surface area contributed by atoms with E-state index in [1.165, 1.54) is 12.1 Å². The molecule has 1 heterocycles. The average Bonchev–Trinajstić information content (AvgIpc) is 2.40. The number of nitrogens with zero attached hydrogens (tertiary/aromatic N) is 2. The number of alkyl halides is 3. The third kappa shape index (κ3) is 3.96. The summed E-state index contributed by atoms with van der Waals surface area (Å²) in [6.45, 7) is 1.54. The predicted molar refractivity (Wildman–Crippen MR) is 73.0 cm³/mol. The van der Waals surface area contributed by atoms with Crippen molar-refractivity contribution >= 4 is 5.97 Å². The smallest absolute Gasteiger partial charge is 0.416 e. The Morgan fingerprint density at radius 3 is 2.45 bits per heavy atom. The van der Waals surface area contributed by atoms with Gasteiger partial charge in [-0.2, -0.15) is 13.2 Å². The van der Waals surface area contributed by atoms with Gasteiger partial charge in [0.05, 0.1) is 31.3 Å². The number of piperazine rings is 1. The molecule has 1 saturated heterocycles. The van der Waals surface area contributed by atoms with Gasteiger partial charge in [0.15, 0.2) is 0 Å². The van der Waals surface area contributed by atoms with Crippen molar-refractivity contribution in [1.29, 1.82) is 0 Å². The van der Waals surface area contributed by atoms with Gasteiger partial charge in [-0.15, -0.1) is 0 Å². The van der Waals surface area contributed by atoms with E-state index in [0.29, 0.717) is 32.2 Å². The first-order valence-corrected chi connectivity index (χ1v) is 6.80. The second-order valence-corrected chi connectivity index (χ2v) is 5.70. The molecule has 1 aliphatic heterocycles. The zero-order chi connectivity index (χ0) is 16.5. The van der Waals surface area contributed by atoms with Gasteiger partial charge >= 0.3 is 12.1 Å². The molecule has 1 N–H and O–H groups in total. The minimum absolute atomic E-state index is 0.0273. The highest BCUT2D eigenvalue weighted by atomic mass is 19.4. The lowest BCUT2D eigenvalue weighted by molar-refractivity contribution is -0.865. The first-order valence-electron chi connectivity index (χ1n) is 6.80. The van der Waals surface area contributed by atoms with E-state index in [9.17, 15) is 23.2 Å². The van der Waals surface area contributed by atoms with Crippen LogP contribution in [0.5, 0.6) is 0 Å². The van der Waals surface area contributed by atoms with Gasteiger partial charge in [-0.1, -0.05) is 6.07 Å². The van der Waals surface area contributed by atoms with Crippen molar-refractivity contribution in [2.45, 2.75) is 12.7 Å². The Morgan fingerprint density at radius 2 is 1.95 bits per heavy atom. The maximum absolute atomic E-state index is 13.1. The Morgan fingerprint density at radius 1 is 1.36 bits per heavy atom. The summed E-state index contributed by atoms with van der Waals surface area (Å²) in [6.07, 6.45) is -4.61. The van der Waals surface area contributed by atoms with E-state index in [-0.39, 0.29) is 16.8 Å². The van der Waals surface area contributed by atoms with Gasteiger partial charge in [-0.25, -0.2) is 4.79 Å². The topological polar surface area (TPSA) is 63.6 Å². The van der Waals surface area contributed by atoms with Crippen LogP contribution >= 0.6 is 0 Å². The third-order valence-electron chi connectivity index (χ3n) is 3.83. The van der Waals surface area contributed by atoms with Crippen LogP contribution in [-0.2, 0) is 12.7 Å². The van der Waals surface area contributed by atoms with Crippen LogP contribution in [0.2, 0.25) is 0 Å². The van der Waals surface area contributed by atoms with Crippen molar-refractivity contribution in [2.75, 3.05) is 33.2 Å². The van der Waals surface area contributed by atoms with Crippen LogP contribution in [0.4, 0.5) is 13.2 Å². The number of rotatable bonds is 3. The van der Waals surface area contributed by atoms with Gasteiger partial charge in [0, 0.05) is 19.6 Å². The summed E-state index contributed by atoms with van der Waals surface area (Å²) in [5.74, 6) is -1.39. The number of hydrogen-bond acceptors (Lipinski definition) is 3. The molecule has 0 unspecified atom stereocenters. The number of carboxylic acid groups (broad SMARTS) is 1. The summed E-state index contributed by atoms with van der Waals surface area (Å²) in [4.78, 5) is 12.6. The molecule has 0 spiro atoms. The summed E-state index contributed by atoms with van der Waals surface area (Å²) in [7, 11) is 1.54. The van der Waals surface area contributed by atoms with E-state index < -0.39 is 23.3 Å². The van der Waals surface area contributed by atoms with Gasteiger partial charge in [0.2, 0.25) is 0 Å². The lowest BCUT2D eigenvalue weighted by Gasteiger charge is -2.45. The van der Waals surface area contributed by atoms with E-state index >= 15 is 0 Å². The summed E-state index contributed by atoms with van der Waals surface area (Å²) in [5, 5.41) is 20.6.